The number of hydrogen-bond acceptors (Lipinski definition) is 0. The first-order valence-electron chi connectivity index (χ1n) is 0.286. The first-order chi connectivity index (χ1) is 1.41. The van der Waals surface area contributed by atoms with Crippen molar-refractivity contribution in [3.63, 3.8) is 0 Å². The maximum Gasteiger partial charge on any atom is 2.00 e. The summed E-state index contributed by atoms with van der Waals surface area (Å²) in [5.41, 5.74) is 0. The first-order valence-corrected chi connectivity index (χ1v) is 12.9. The van der Waals surface area contributed by atoms with Gasteiger partial charge >= 0.3 is 102 Å². The predicted molar refractivity (Wildman–Crippen MR) is 28.0 cm³/mol. The van der Waals surface area contributed by atoms with Crippen molar-refractivity contribution in [2.45, 2.75) is 0 Å². The molecule has 49 valence electrons. The summed E-state index contributed by atoms with van der Waals surface area (Å²) in [6.07, 6.45) is 0. The fourth-order valence-corrected chi connectivity index (χ4v) is 0. The maximum atomic E-state index is 2.39. The zero-order chi connectivity index (χ0) is 2.71. The molecule has 0 saturated carbocycles. The summed E-state index contributed by atoms with van der Waals surface area (Å²) in [7, 11) is 0. The van der Waals surface area contributed by atoms with Crippen LogP contribution in [0.4, 0.5) is 0 Å². The van der Waals surface area contributed by atoms with Gasteiger partial charge in [-0.2, -0.15) is 0 Å². The van der Waals surface area contributed by atoms with Gasteiger partial charge in [-0.25, -0.2) is 0 Å². The van der Waals surface area contributed by atoms with Gasteiger partial charge in [0.05, 0.1) is 0 Å². The van der Waals surface area contributed by atoms with E-state index in [9.17, 15) is 0 Å². The third-order valence-corrected chi connectivity index (χ3v) is 0. The third-order valence-electron chi connectivity index (χ3n) is 0. The van der Waals surface area contributed by atoms with E-state index in [1.807, 2.05) is 0 Å². The average molecular weight is 571 g/mol. The van der Waals surface area contributed by atoms with Crippen molar-refractivity contribution >= 4 is 37.2 Å². The van der Waals surface area contributed by atoms with E-state index in [0.717, 1.165) is 0 Å². The second-order valence-corrected chi connectivity index (χ2v) is 16.3. The second kappa shape index (κ2) is 23.3. The van der Waals surface area contributed by atoms with Crippen molar-refractivity contribution in [1.29, 1.82) is 0 Å². The summed E-state index contributed by atoms with van der Waals surface area (Å²) in [5.74, 6) is 0. The van der Waals surface area contributed by atoms with Crippen LogP contribution in [0.25, 0.3) is 0 Å². The van der Waals surface area contributed by atoms with Crippen molar-refractivity contribution in [1.82, 2.24) is 0 Å². The van der Waals surface area contributed by atoms with Crippen molar-refractivity contribution in [2.24, 2.45) is 0 Å². The average Bonchev–Trinajstić information content (AvgIpc) is 0.918. The van der Waals surface area contributed by atoms with E-state index in [1.54, 1.807) is 0 Å². The van der Waals surface area contributed by atoms with Crippen molar-refractivity contribution < 1.29 is 64.5 Å². The van der Waals surface area contributed by atoms with Crippen LogP contribution in [0.3, 0.4) is 0 Å². The van der Waals surface area contributed by atoms with E-state index in [0.29, 0.717) is 13.3 Å². The number of rotatable bonds is 0. The van der Waals surface area contributed by atoms with Gasteiger partial charge < -0.3 is 0 Å². The monoisotopic (exact) mass is 569 g/mol. The Balaban J connectivity index is -0.00000000667. The smallest absolute Gasteiger partial charge is 2.00 e. The van der Waals surface area contributed by atoms with Crippen molar-refractivity contribution in [2.75, 3.05) is 0 Å². The number of halogens is 3. The maximum absolute atomic E-state index is 2.39. The molecule has 0 atom stereocenters. The SMILES string of the molecule is I[I-]I.[Cu+2].[Cu+2].[Cu+2]. The normalized spacial score (nSPS) is 3.67. The minimum atomic E-state index is 0. The molecular weight excluding hydrogens is 571 g/mol. The van der Waals surface area contributed by atoms with Crippen LogP contribution < -0.4 is 13.3 Å². The minimum Gasteiger partial charge on any atom is 2.00 e. The molecule has 0 aromatic rings. The van der Waals surface area contributed by atoms with Crippen LogP contribution >= 0.6 is 37.2 Å². The van der Waals surface area contributed by atoms with Gasteiger partial charge in [0.1, 0.15) is 0 Å². The van der Waals surface area contributed by atoms with Crippen LogP contribution in [-0.4, -0.2) is 0 Å². The Labute approximate surface area is 99.1 Å². The molecule has 0 fully saturated rings. The van der Waals surface area contributed by atoms with Gasteiger partial charge in [-0.1, -0.05) is 0 Å². The molecular formula is Cu3I3+5. The molecule has 0 N–H and O–H groups in total. The second-order valence-electron chi connectivity index (χ2n) is 0.0540. The minimum absolute atomic E-state index is 0. The van der Waals surface area contributed by atoms with Crippen molar-refractivity contribution in [3.05, 3.63) is 0 Å². The number of hydrogen-bond donors (Lipinski definition) is 0. The van der Waals surface area contributed by atoms with Crippen LogP contribution in [0.2, 0.25) is 0 Å². The van der Waals surface area contributed by atoms with Gasteiger partial charge in [-0.3, -0.25) is 0 Å². The largest absolute Gasteiger partial charge is 2.00 e. The molecule has 6 heavy (non-hydrogen) atoms. The molecule has 0 bridgehead atoms. The van der Waals surface area contributed by atoms with E-state index >= 15 is 0 Å². The van der Waals surface area contributed by atoms with Gasteiger partial charge in [0.15, 0.2) is 0 Å². The van der Waals surface area contributed by atoms with E-state index in [2.05, 4.69) is 37.2 Å². The summed E-state index contributed by atoms with van der Waals surface area (Å²) >= 11 is 5.30. The zero-order valence-electron chi connectivity index (χ0n) is 2.04. The zero-order valence-corrected chi connectivity index (χ0v) is 11.3. The Morgan fingerprint density at radius 2 is 0.833 bits per heavy atom. The Morgan fingerprint density at radius 1 is 0.833 bits per heavy atom. The van der Waals surface area contributed by atoms with E-state index in [1.165, 1.54) is 0 Å². The molecule has 0 aliphatic rings. The van der Waals surface area contributed by atoms with Gasteiger partial charge in [-0.05, 0) is 0 Å². The molecule has 0 spiro atoms. The Kier molecular flexibility index (Phi) is 87.7. The van der Waals surface area contributed by atoms with Crippen LogP contribution in [-0.2, 0) is 51.2 Å². The standard InChI is InChI=1S/3Cu.I3/c;;;1-3-2/q3*+2;-1. The summed E-state index contributed by atoms with van der Waals surface area (Å²) in [5, 5.41) is 0. The van der Waals surface area contributed by atoms with Crippen LogP contribution in [0, 0.1) is 0 Å². The fourth-order valence-electron chi connectivity index (χ4n) is 0. The Morgan fingerprint density at radius 3 is 0.833 bits per heavy atom. The molecule has 0 unspecified atom stereocenters. The summed E-state index contributed by atoms with van der Waals surface area (Å²) in [4.78, 5) is 0. The van der Waals surface area contributed by atoms with E-state index in [4.69, 9.17) is 0 Å². The summed E-state index contributed by atoms with van der Waals surface area (Å²) in [6.45, 7) is 0. The fraction of sp³-hybridized carbons (Fsp3) is 0. The van der Waals surface area contributed by atoms with Gasteiger partial charge in [0.25, 0.3) is 0 Å². The topological polar surface area (TPSA) is 0 Å². The third kappa shape index (κ3) is 25.1. The first kappa shape index (κ1) is 22.6. The predicted octanol–water partition coefficient (Wildman–Crippen LogP) is -1.23. The molecule has 0 aromatic carbocycles. The molecule has 0 aromatic heterocycles. The van der Waals surface area contributed by atoms with Gasteiger partial charge in [0, 0.05) is 0 Å². The molecule has 0 rings (SSSR count). The molecule has 3 radical (unpaired) electrons. The molecule has 0 saturated heterocycles. The molecule has 0 aliphatic heterocycles. The molecule has 6 heteroatoms. The van der Waals surface area contributed by atoms with Crippen molar-refractivity contribution in [3.8, 4) is 0 Å². The quantitative estimate of drug-likeness (QED) is 0.253. The summed E-state index contributed by atoms with van der Waals surface area (Å²) in [6, 6.07) is 0. The van der Waals surface area contributed by atoms with Crippen LogP contribution in [0.5, 0.6) is 0 Å². The summed E-state index contributed by atoms with van der Waals surface area (Å²) < 4.78 is 0. The van der Waals surface area contributed by atoms with Crippen LogP contribution in [0.1, 0.15) is 0 Å². The molecule has 0 amide bonds. The molecule has 0 nitrogen and oxygen atoms in total. The Hall–Kier alpha value is 3.75. The van der Waals surface area contributed by atoms with Gasteiger partial charge in [0.2, 0.25) is 0 Å². The van der Waals surface area contributed by atoms with E-state index < -0.39 is 0 Å². The molecule has 0 heterocycles. The van der Waals surface area contributed by atoms with Crippen LogP contribution in [0.15, 0.2) is 0 Å². The molecule has 0 aliphatic carbocycles. The Bertz CT molecular complexity index is 6.00. The van der Waals surface area contributed by atoms with E-state index in [-0.39, 0.29) is 51.2 Å². The van der Waals surface area contributed by atoms with Gasteiger partial charge in [-0.15, -0.1) is 0 Å².